The van der Waals surface area contributed by atoms with Crippen LogP contribution in [0.25, 0.3) is 10.8 Å². The zero-order valence-electron chi connectivity index (χ0n) is 10.7. The number of ether oxygens (including phenoxy) is 1. The highest BCUT2D eigenvalue weighted by Crippen LogP contribution is 2.24. The van der Waals surface area contributed by atoms with Crippen LogP contribution >= 0.6 is 0 Å². The van der Waals surface area contributed by atoms with Crippen molar-refractivity contribution < 1.29 is 4.74 Å². The van der Waals surface area contributed by atoms with E-state index < -0.39 is 0 Å². The molecule has 0 spiro atoms. The van der Waals surface area contributed by atoms with Crippen LogP contribution in [-0.4, -0.2) is 7.11 Å². The summed E-state index contributed by atoms with van der Waals surface area (Å²) in [6, 6.07) is 13.0. The third kappa shape index (κ3) is 2.67. The summed E-state index contributed by atoms with van der Waals surface area (Å²) in [5.74, 6) is 0. The molecule has 0 unspecified atom stereocenters. The van der Waals surface area contributed by atoms with Crippen LogP contribution in [0.4, 0.5) is 0 Å². The Kier molecular flexibility index (Phi) is 4.16. The van der Waals surface area contributed by atoms with Crippen LogP contribution in [0.1, 0.15) is 30.9 Å². The molecule has 0 aliphatic heterocycles. The summed E-state index contributed by atoms with van der Waals surface area (Å²) in [6.45, 7) is 2.95. The van der Waals surface area contributed by atoms with Crippen LogP contribution < -0.4 is 0 Å². The van der Waals surface area contributed by atoms with Crippen molar-refractivity contribution in [2.75, 3.05) is 7.11 Å². The van der Waals surface area contributed by atoms with Crippen molar-refractivity contribution in [1.29, 1.82) is 0 Å². The number of benzene rings is 2. The molecule has 0 saturated carbocycles. The van der Waals surface area contributed by atoms with Gasteiger partial charge in [0, 0.05) is 7.11 Å². The zero-order valence-corrected chi connectivity index (χ0v) is 10.7. The predicted molar refractivity (Wildman–Crippen MR) is 73.3 cm³/mol. The Morgan fingerprint density at radius 3 is 2.65 bits per heavy atom. The van der Waals surface area contributed by atoms with E-state index in [0.29, 0.717) is 6.61 Å². The molecule has 1 nitrogen and oxygen atoms in total. The Bertz CT molecular complexity index is 488. The van der Waals surface area contributed by atoms with E-state index in [4.69, 9.17) is 4.74 Å². The number of hydrogen-bond donors (Lipinski definition) is 0. The molecule has 2 aromatic carbocycles. The molecule has 17 heavy (non-hydrogen) atoms. The molecule has 0 aliphatic carbocycles. The molecule has 0 aliphatic rings. The zero-order chi connectivity index (χ0) is 12.1. The van der Waals surface area contributed by atoms with Gasteiger partial charge in [-0.2, -0.15) is 0 Å². The smallest absolute Gasteiger partial charge is 0.0715 e. The highest BCUT2D eigenvalue weighted by molar-refractivity contribution is 5.86. The van der Waals surface area contributed by atoms with Crippen LogP contribution in [0.3, 0.4) is 0 Å². The van der Waals surface area contributed by atoms with E-state index in [1.54, 1.807) is 7.11 Å². The van der Waals surface area contributed by atoms with Gasteiger partial charge >= 0.3 is 0 Å². The van der Waals surface area contributed by atoms with E-state index in [1.807, 2.05) is 0 Å². The second-order valence-electron chi connectivity index (χ2n) is 4.46. The molecule has 0 N–H and O–H groups in total. The molecule has 0 heterocycles. The van der Waals surface area contributed by atoms with Gasteiger partial charge in [-0.15, -0.1) is 0 Å². The number of aryl methyl sites for hydroxylation is 1. The van der Waals surface area contributed by atoms with Gasteiger partial charge in [-0.05, 0) is 34.7 Å². The number of hydrogen-bond acceptors (Lipinski definition) is 1. The fraction of sp³-hybridized carbons (Fsp3) is 0.375. The van der Waals surface area contributed by atoms with Crippen LogP contribution in [0.15, 0.2) is 36.4 Å². The fourth-order valence-corrected chi connectivity index (χ4v) is 2.32. The first kappa shape index (κ1) is 12.1. The first-order chi connectivity index (χ1) is 8.36. The number of fused-ring (bicyclic) bond motifs is 1. The maximum atomic E-state index is 5.30. The van der Waals surface area contributed by atoms with Crippen molar-refractivity contribution in [2.24, 2.45) is 0 Å². The van der Waals surface area contributed by atoms with Crippen molar-refractivity contribution in [2.45, 2.75) is 32.8 Å². The second kappa shape index (κ2) is 5.83. The lowest BCUT2D eigenvalue weighted by Gasteiger charge is -2.12. The van der Waals surface area contributed by atoms with E-state index in [0.717, 1.165) is 6.42 Å². The second-order valence-corrected chi connectivity index (χ2v) is 4.46. The number of unbranched alkanes of at least 4 members (excludes halogenated alkanes) is 1. The molecule has 0 amide bonds. The van der Waals surface area contributed by atoms with E-state index in [1.165, 1.54) is 34.7 Å². The first-order valence-electron chi connectivity index (χ1n) is 6.35. The topological polar surface area (TPSA) is 9.23 Å². The van der Waals surface area contributed by atoms with E-state index in [9.17, 15) is 0 Å². The first-order valence-corrected chi connectivity index (χ1v) is 6.35. The predicted octanol–water partition coefficient (Wildman–Crippen LogP) is 4.33. The maximum absolute atomic E-state index is 5.30. The Balaban J connectivity index is 2.49. The van der Waals surface area contributed by atoms with Gasteiger partial charge in [-0.25, -0.2) is 0 Å². The van der Waals surface area contributed by atoms with Crippen molar-refractivity contribution in [3.05, 3.63) is 47.5 Å². The third-order valence-electron chi connectivity index (χ3n) is 3.22. The summed E-state index contributed by atoms with van der Waals surface area (Å²) in [5, 5.41) is 2.72. The van der Waals surface area contributed by atoms with E-state index in [-0.39, 0.29) is 0 Å². The van der Waals surface area contributed by atoms with Crippen LogP contribution in [0.2, 0.25) is 0 Å². The number of rotatable bonds is 5. The summed E-state index contributed by atoms with van der Waals surface area (Å²) in [6.07, 6.45) is 3.62. The Morgan fingerprint density at radius 2 is 1.88 bits per heavy atom. The monoisotopic (exact) mass is 228 g/mol. The van der Waals surface area contributed by atoms with Gasteiger partial charge in [0.2, 0.25) is 0 Å². The fourth-order valence-electron chi connectivity index (χ4n) is 2.32. The summed E-state index contributed by atoms with van der Waals surface area (Å²) in [7, 11) is 1.76. The van der Waals surface area contributed by atoms with Crippen LogP contribution in [-0.2, 0) is 17.8 Å². The summed E-state index contributed by atoms with van der Waals surface area (Å²) < 4.78 is 5.30. The van der Waals surface area contributed by atoms with Gasteiger partial charge in [0.15, 0.2) is 0 Å². The molecule has 0 fully saturated rings. The molecule has 0 bridgehead atoms. The minimum absolute atomic E-state index is 0.712. The van der Waals surface area contributed by atoms with Gasteiger partial charge in [-0.1, -0.05) is 49.7 Å². The van der Waals surface area contributed by atoms with Gasteiger partial charge in [-0.3, -0.25) is 0 Å². The van der Waals surface area contributed by atoms with Crippen molar-refractivity contribution >= 4 is 10.8 Å². The number of methoxy groups -OCH3 is 1. The lowest BCUT2D eigenvalue weighted by atomic mass is 9.95. The largest absolute Gasteiger partial charge is 0.380 e. The molecular weight excluding hydrogens is 208 g/mol. The minimum Gasteiger partial charge on any atom is -0.380 e. The molecule has 0 aromatic heterocycles. The average molecular weight is 228 g/mol. The van der Waals surface area contributed by atoms with E-state index in [2.05, 4.69) is 43.3 Å². The molecule has 2 rings (SSSR count). The Labute approximate surface area is 103 Å². The summed E-state index contributed by atoms with van der Waals surface area (Å²) in [5.41, 5.74) is 2.80. The van der Waals surface area contributed by atoms with Gasteiger partial charge < -0.3 is 4.74 Å². The van der Waals surface area contributed by atoms with Crippen molar-refractivity contribution in [3.8, 4) is 0 Å². The van der Waals surface area contributed by atoms with Gasteiger partial charge in [0.1, 0.15) is 0 Å². The molecule has 0 atom stereocenters. The maximum Gasteiger partial charge on any atom is 0.0715 e. The normalized spacial score (nSPS) is 10.9. The Morgan fingerprint density at radius 1 is 1.06 bits per heavy atom. The third-order valence-corrected chi connectivity index (χ3v) is 3.22. The minimum atomic E-state index is 0.712. The lowest BCUT2D eigenvalue weighted by Crippen LogP contribution is -1.97. The molecule has 0 saturated heterocycles. The highest BCUT2D eigenvalue weighted by Gasteiger charge is 2.06. The SMILES string of the molecule is CCCCc1c(COC)ccc2ccccc12. The quantitative estimate of drug-likeness (QED) is 0.740. The molecule has 0 radical (unpaired) electrons. The standard InChI is InChI=1S/C16H20O/c1-3-4-8-16-14(12-17-2)11-10-13-7-5-6-9-15(13)16/h5-7,9-11H,3-4,8,12H2,1-2H3. The van der Waals surface area contributed by atoms with Crippen LogP contribution in [0.5, 0.6) is 0 Å². The van der Waals surface area contributed by atoms with Crippen molar-refractivity contribution in [3.63, 3.8) is 0 Å². The summed E-state index contributed by atoms with van der Waals surface area (Å²) >= 11 is 0. The molecule has 2 aromatic rings. The molecular formula is C16H20O. The van der Waals surface area contributed by atoms with E-state index >= 15 is 0 Å². The Hall–Kier alpha value is -1.34. The lowest BCUT2D eigenvalue weighted by molar-refractivity contribution is 0.184. The highest BCUT2D eigenvalue weighted by atomic mass is 16.5. The van der Waals surface area contributed by atoms with Gasteiger partial charge in [0.25, 0.3) is 0 Å². The van der Waals surface area contributed by atoms with Gasteiger partial charge in [0.05, 0.1) is 6.61 Å². The van der Waals surface area contributed by atoms with Crippen LogP contribution in [0, 0.1) is 0 Å². The molecule has 90 valence electrons. The average Bonchev–Trinajstić information content (AvgIpc) is 2.37. The molecule has 1 heteroatoms. The summed E-state index contributed by atoms with van der Waals surface area (Å²) in [4.78, 5) is 0. The van der Waals surface area contributed by atoms with Crippen molar-refractivity contribution in [1.82, 2.24) is 0 Å².